The summed E-state index contributed by atoms with van der Waals surface area (Å²) >= 11 is 2.20. The van der Waals surface area contributed by atoms with Crippen LogP contribution in [0.5, 0.6) is 0 Å². The molecule has 0 aliphatic heterocycles. The summed E-state index contributed by atoms with van der Waals surface area (Å²) in [5.41, 5.74) is 6.27. The van der Waals surface area contributed by atoms with E-state index in [9.17, 15) is 4.79 Å². The highest BCUT2D eigenvalue weighted by Crippen LogP contribution is 2.65. The lowest BCUT2D eigenvalue weighted by Crippen LogP contribution is -2.53. The maximum Gasteiger partial charge on any atom is 0.139 e. The van der Waals surface area contributed by atoms with E-state index in [1.165, 1.54) is 63.5 Å². The maximum absolute atomic E-state index is 12.5. The Kier molecular flexibility index (Phi) is 5.03. The van der Waals surface area contributed by atoms with Crippen molar-refractivity contribution in [2.45, 2.75) is 83.3 Å². The Morgan fingerprint density at radius 1 is 1.08 bits per heavy atom. The first-order valence-corrected chi connectivity index (χ1v) is 11.9. The summed E-state index contributed by atoms with van der Waals surface area (Å²) in [6, 6.07) is 0. The predicted octanol–water partition coefficient (Wildman–Crippen LogP) is 5.05. The van der Waals surface area contributed by atoms with Crippen LogP contribution in [-0.2, 0) is 4.79 Å². The summed E-state index contributed by atoms with van der Waals surface area (Å²) in [6.07, 6.45) is 12.8. The Bertz CT molecular complexity index is 522. The Hall–Kier alpha value is -0.0200. The minimum absolute atomic E-state index is 0.0413. The van der Waals surface area contributed by atoms with Crippen molar-refractivity contribution >= 4 is 17.5 Å². The molecule has 7 atom stereocenters. The number of nitrogens with two attached hydrogens (primary N) is 1. The van der Waals surface area contributed by atoms with Gasteiger partial charge in [-0.2, -0.15) is 11.8 Å². The van der Waals surface area contributed by atoms with Crippen LogP contribution in [0.4, 0.5) is 0 Å². The number of thioether (sulfide) groups is 1. The number of Topliss-reactive ketones (excluding diaryl/α,β-unsaturated/α-hetero) is 1. The third kappa shape index (κ3) is 2.92. The van der Waals surface area contributed by atoms with Gasteiger partial charge in [-0.15, -0.1) is 0 Å². The third-order valence-corrected chi connectivity index (χ3v) is 10.5. The molecule has 0 heterocycles. The van der Waals surface area contributed by atoms with Gasteiger partial charge in [-0.3, -0.25) is 4.79 Å². The molecule has 4 saturated carbocycles. The topological polar surface area (TPSA) is 43.1 Å². The quantitative estimate of drug-likeness (QED) is 0.711. The normalized spacial score (nSPS) is 49.4. The first-order valence-electron chi connectivity index (χ1n) is 10.8. The summed E-state index contributed by atoms with van der Waals surface area (Å²) < 4.78 is 0. The van der Waals surface area contributed by atoms with E-state index in [1.54, 1.807) is 0 Å². The minimum Gasteiger partial charge on any atom is -0.330 e. The van der Waals surface area contributed by atoms with E-state index in [2.05, 4.69) is 25.6 Å². The van der Waals surface area contributed by atoms with Crippen molar-refractivity contribution in [3.63, 3.8) is 0 Å². The van der Waals surface area contributed by atoms with Crippen LogP contribution in [0.3, 0.4) is 0 Å². The smallest absolute Gasteiger partial charge is 0.139 e. The molecule has 2 N–H and O–H groups in total. The summed E-state index contributed by atoms with van der Waals surface area (Å²) in [4.78, 5) is 12.5. The molecule has 0 spiro atoms. The lowest BCUT2D eigenvalue weighted by atomic mass is 9.45. The molecule has 0 radical (unpaired) electrons. The van der Waals surface area contributed by atoms with Crippen molar-refractivity contribution < 1.29 is 4.79 Å². The third-order valence-electron chi connectivity index (χ3n) is 9.03. The zero-order valence-electron chi connectivity index (χ0n) is 16.3. The van der Waals surface area contributed by atoms with Gasteiger partial charge in [0, 0.05) is 17.1 Å². The van der Waals surface area contributed by atoms with Gasteiger partial charge in [-0.25, -0.2) is 0 Å². The van der Waals surface area contributed by atoms with Crippen LogP contribution in [-0.4, -0.2) is 23.3 Å². The molecule has 4 aliphatic carbocycles. The van der Waals surface area contributed by atoms with Crippen molar-refractivity contribution in [1.82, 2.24) is 0 Å². The van der Waals surface area contributed by atoms with Gasteiger partial charge in [0.05, 0.1) is 0 Å². The van der Waals surface area contributed by atoms with Gasteiger partial charge in [0.25, 0.3) is 0 Å². The number of carbonyl (C=O) groups is 1. The largest absolute Gasteiger partial charge is 0.330 e. The summed E-state index contributed by atoms with van der Waals surface area (Å²) in [5.74, 6) is 5.20. The highest BCUT2D eigenvalue weighted by atomic mass is 32.2. The lowest BCUT2D eigenvalue weighted by Gasteiger charge is -2.60. The molecule has 2 nitrogen and oxygen atoms in total. The highest BCUT2D eigenvalue weighted by Gasteiger charge is 2.60. The van der Waals surface area contributed by atoms with Gasteiger partial charge < -0.3 is 5.73 Å². The average Bonchev–Trinajstić information content (AvgIpc) is 2.90. The van der Waals surface area contributed by atoms with Crippen LogP contribution < -0.4 is 5.73 Å². The molecule has 4 unspecified atom stereocenters. The highest BCUT2D eigenvalue weighted by molar-refractivity contribution is 7.99. The van der Waals surface area contributed by atoms with Crippen LogP contribution in [0.25, 0.3) is 0 Å². The second-order valence-electron chi connectivity index (χ2n) is 9.98. The van der Waals surface area contributed by atoms with Crippen molar-refractivity contribution in [1.29, 1.82) is 0 Å². The van der Waals surface area contributed by atoms with Gasteiger partial charge in [0.15, 0.2) is 0 Å². The van der Waals surface area contributed by atoms with Crippen LogP contribution in [0.15, 0.2) is 0 Å². The zero-order valence-corrected chi connectivity index (χ0v) is 17.1. The van der Waals surface area contributed by atoms with E-state index in [4.69, 9.17) is 5.73 Å². The van der Waals surface area contributed by atoms with Crippen molar-refractivity contribution in [3.05, 3.63) is 0 Å². The molecule has 4 aliphatic rings. The summed E-state index contributed by atoms with van der Waals surface area (Å²) in [7, 11) is 0. The number of hydrogen-bond acceptors (Lipinski definition) is 3. The van der Waals surface area contributed by atoms with E-state index in [1.807, 2.05) is 0 Å². The predicted molar refractivity (Wildman–Crippen MR) is 107 cm³/mol. The second kappa shape index (κ2) is 6.86. The van der Waals surface area contributed by atoms with Gasteiger partial charge in [0.1, 0.15) is 5.78 Å². The fourth-order valence-electron chi connectivity index (χ4n) is 7.47. The average molecular weight is 364 g/mol. The van der Waals surface area contributed by atoms with E-state index < -0.39 is 0 Å². The van der Waals surface area contributed by atoms with E-state index >= 15 is 0 Å². The van der Waals surface area contributed by atoms with Crippen LogP contribution in [0.2, 0.25) is 0 Å². The number of carbonyl (C=O) groups excluding carboxylic acids is 1. The van der Waals surface area contributed by atoms with Crippen molar-refractivity contribution in [2.75, 3.05) is 12.3 Å². The van der Waals surface area contributed by atoms with E-state index in [0.29, 0.717) is 17.1 Å². The van der Waals surface area contributed by atoms with Crippen LogP contribution in [0, 0.1) is 34.5 Å². The Labute approximate surface area is 158 Å². The molecule has 25 heavy (non-hydrogen) atoms. The Morgan fingerprint density at radius 3 is 2.72 bits per heavy atom. The van der Waals surface area contributed by atoms with Crippen molar-refractivity contribution in [3.8, 4) is 0 Å². The molecule has 0 bridgehead atoms. The number of hydrogen-bond donors (Lipinski definition) is 1. The molecule has 0 saturated heterocycles. The molecule has 0 aromatic carbocycles. The fourth-order valence-corrected chi connectivity index (χ4v) is 8.79. The molecule has 0 aromatic heterocycles. The number of rotatable bonds is 4. The Balaban J connectivity index is 1.46. The van der Waals surface area contributed by atoms with Gasteiger partial charge in [0.2, 0.25) is 0 Å². The molecular formula is C22H37NOS. The van der Waals surface area contributed by atoms with Crippen LogP contribution >= 0.6 is 11.8 Å². The standard InChI is InChI=1S/C22H37NOS/c1-21-10-8-16(25-13-3-12-23)14-15(21)4-5-17-18-6-7-20(24)22(18,2)11-9-19(17)21/h15-19H,3-14,23H2,1-2H3/t15?,16-,17?,18?,19?,21+,22+/m1/s1. The lowest BCUT2D eigenvalue weighted by molar-refractivity contribution is -0.138. The first-order chi connectivity index (χ1) is 12.0. The summed E-state index contributed by atoms with van der Waals surface area (Å²) in [6.45, 7) is 5.78. The molecule has 3 heteroatoms. The number of fused-ring (bicyclic) bond motifs is 5. The van der Waals surface area contributed by atoms with Gasteiger partial charge in [-0.1, -0.05) is 13.8 Å². The SMILES string of the molecule is C[C@]12CC[C@@H](SCCCN)CC1CCC1C2CC[C@]2(C)C(=O)CCC12. The molecule has 142 valence electrons. The molecule has 4 rings (SSSR count). The second-order valence-corrected chi connectivity index (χ2v) is 11.4. The van der Waals surface area contributed by atoms with Gasteiger partial charge in [-0.05, 0) is 99.2 Å². The summed E-state index contributed by atoms with van der Waals surface area (Å²) in [5, 5.41) is 0.878. The first kappa shape index (κ1) is 18.3. The van der Waals surface area contributed by atoms with Crippen LogP contribution in [0.1, 0.15) is 78.1 Å². The molecule has 0 aromatic rings. The van der Waals surface area contributed by atoms with Crippen molar-refractivity contribution in [2.24, 2.45) is 40.2 Å². The van der Waals surface area contributed by atoms with Gasteiger partial charge >= 0.3 is 0 Å². The monoisotopic (exact) mass is 363 g/mol. The van der Waals surface area contributed by atoms with E-state index in [0.717, 1.165) is 36.0 Å². The fraction of sp³-hybridized carbons (Fsp3) is 0.955. The molecular weight excluding hydrogens is 326 g/mol. The maximum atomic E-state index is 12.5. The number of ketones is 1. The Morgan fingerprint density at radius 2 is 1.92 bits per heavy atom. The molecule has 0 amide bonds. The van der Waals surface area contributed by atoms with E-state index in [-0.39, 0.29) is 5.41 Å². The minimum atomic E-state index is 0.0413. The zero-order chi connectivity index (χ0) is 17.7. The molecule has 4 fully saturated rings.